The zero-order chi connectivity index (χ0) is 15.1. The Labute approximate surface area is 120 Å². The van der Waals surface area contributed by atoms with Crippen molar-refractivity contribution in [3.63, 3.8) is 0 Å². The van der Waals surface area contributed by atoms with Crippen molar-refractivity contribution in [2.45, 2.75) is 15.8 Å². The lowest BCUT2D eigenvalue weighted by Crippen LogP contribution is -2.58. The van der Waals surface area contributed by atoms with Gasteiger partial charge >= 0.3 is 0 Å². The van der Waals surface area contributed by atoms with Crippen LogP contribution in [-0.4, -0.2) is 65.5 Å². The molecule has 20 heavy (non-hydrogen) atoms. The molecular formula is C12H18N2O4S2. The van der Waals surface area contributed by atoms with E-state index in [9.17, 15) is 16.8 Å². The van der Waals surface area contributed by atoms with Crippen LogP contribution in [0.4, 0.5) is 0 Å². The summed E-state index contributed by atoms with van der Waals surface area (Å²) in [5.74, 6) is 0. The zero-order valence-electron chi connectivity index (χ0n) is 11.6. The fourth-order valence-electron chi connectivity index (χ4n) is 1.95. The summed E-state index contributed by atoms with van der Waals surface area (Å²) in [4.78, 5) is 2.23. The topological polar surface area (TPSA) is 74.8 Å². The van der Waals surface area contributed by atoms with Gasteiger partial charge in [0, 0.05) is 25.4 Å². The zero-order valence-corrected chi connectivity index (χ0v) is 13.3. The van der Waals surface area contributed by atoms with Crippen LogP contribution in [0.3, 0.4) is 0 Å². The number of sulfonamides is 1. The number of hydrogen-bond acceptors (Lipinski definition) is 5. The summed E-state index contributed by atoms with van der Waals surface area (Å²) < 4.78 is 48.7. The summed E-state index contributed by atoms with van der Waals surface area (Å²) in [6, 6.07) is 5.57. The summed E-state index contributed by atoms with van der Waals surface area (Å²) in [7, 11) is -3.01. The maximum atomic E-state index is 12.3. The molecule has 0 atom stereocenters. The molecule has 0 radical (unpaired) electrons. The van der Waals surface area contributed by atoms with Gasteiger partial charge in [-0.15, -0.1) is 0 Å². The first-order valence-electron chi connectivity index (χ1n) is 6.09. The summed E-state index contributed by atoms with van der Waals surface area (Å²) in [6.07, 6.45) is 1.09. The molecule has 0 N–H and O–H groups in total. The molecule has 2 rings (SSSR count). The Kier molecular flexibility index (Phi) is 3.94. The minimum atomic E-state index is -3.52. The van der Waals surface area contributed by atoms with Crippen molar-refractivity contribution in [1.82, 2.24) is 9.21 Å². The van der Waals surface area contributed by atoms with Gasteiger partial charge in [-0.25, -0.2) is 16.8 Å². The number of sulfone groups is 1. The van der Waals surface area contributed by atoms with Gasteiger partial charge < -0.3 is 4.90 Å². The average Bonchev–Trinajstić information content (AvgIpc) is 2.25. The van der Waals surface area contributed by atoms with Crippen LogP contribution in [0.1, 0.15) is 0 Å². The number of likely N-dealkylation sites (N-methyl/N-ethyl adjacent to an activating group) is 1. The molecule has 1 heterocycles. The molecule has 1 aliphatic heterocycles. The number of nitrogens with zero attached hydrogens (tertiary/aromatic N) is 2. The standard InChI is InChI=1S/C12H18N2O4S2/c1-13(2)10-8-14(9-10)20(17,18)12-6-4-11(5-7-12)19(3,15)16/h4-7,10H,8-9H2,1-3H3. The smallest absolute Gasteiger partial charge is 0.243 e. The second-order valence-corrected chi connectivity index (χ2v) is 9.14. The molecule has 0 aromatic heterocycles. The van der Waals surface area contributed by atoms with Crippen molar-refractivity contribution in [3.05, 3.63) is 24.3 Å². The van der Waals surface area contributed by atoms with Crippen molar-refractivity contribution in [1.29, 1.82) is 0 Å². The van der Waals surface area contributed by atoms with Crippen molar-refractivity contribution < 1.29 is 16.8 Å². The van der Waals surface area contributed by atoms with E-state index >= 15 is 0 Å². The minimum absolute atomic E-state index is 0.117. The normalized spacial score (nSPS) is 18.2. The molecule has 1 aromatic rings. The highest BCUT2D eigenvalue weighted by Gasteiger charge is 2.37. The molecule has 6 nitrogen and oxygen atoms in total. The molecule has 1 aromatic carbocycles. The summed E-state index contributed by atoms with van der Waals surface area (Å²) in [5, 5.41) is 0. The highest BCUT2D eigenvalue weighted by atomic mass is 32.2. The monoisotopic (exact) mass is 318 g/mol. The predicted molar refractivity (Wildman–Crippen MR) is 75.8 cm³/mol. The molecule has 8 heteroatoms. The van der Waals surface area contributed by atoms with Crippen LogP contribution in [0.15, 0.2) is 34.1 Å². The Balaban J connectivity index is 2.20. The van der Waals surface area contributed by atoms with Gasteiger partial charge in [-0.3, -0.25) is 0 Å². The van der Waals surface area contributed by atoms with E-state index in [1.807, 2.05) is 19.0 Å². The molecule has 0 unspecified atom stereocenters. The van der Waals surface area contributed by atoms with Gasteiger partial charge in [0.05, 0.1) is 9.79 Å². The molecule has 0 bridgehead atoms. The number of hydrogen-bond donors (Lipinski definition) is 0. The van der Waals surface area contributed by atoms with E-state index in [-0.39, 0.29) is 15.8 Å². The minimum Gasteiger partial charge on any atom is -0.304 e. The van der Waals surface area contributed by atoms with E-state index in [4.69, 9.17) is 0 Å². The quantitative estimate of drug-likeness (QED) is 0.783. The van der Waals surface area contributed by atoms with Crippen LogP contribution in [0.5, 0.6) is 0 Å². The van der Waals surface area contributed by atoms with Crippen LogP contribution in [0, 0.1) is 0 Å². The van der Waals surface area contributed by atoms with Crippen molar-refractivity contribution in [2.24, 2.45) is 0 Å². The van der Waals surface area contributed by atoms with Gasteiger partial charge in [-0.2, -0.15) is 4.31 Å². The van der Waals surface area contributed by atoms with E-state index < -0.39 is 19.9 Å². The van der Waals surface area contributed by atoms with Gasteiger partial charge in [0.25, 0.3) is 0 Å². The largest absolute Gasteiger partial charge is 0.304 e. The number of benzene rings is 1. The second kappa shape index (κ2) is 5.10. The Morgan fingerprint density at radius 2 is 1.45 bits per heavy atom. The van der Waals surface area contributed by atoms with Crippen LogP contribution in [0.2, 0.25) is 0 Å². The van der Waals surface area contributed by atoms with Gasteiger partial charge in [-0.1, -0.05) is 0 Å². The SMILES string of the molecule is CN(C)C1CN(S(=O)(=O)c2ccc(S(C)(=O)=O)cc2)C1. The van der Waals surface area contributed by atoms with Crippen molar-refractivity contribution in [2.75, 3.05) is 33.4 Å². The van der Waals surface area contributed by atoms with Gasteiger partial charge in [0.2, 0.25) is 10.0 Å². The predicted octanol–water partition coefficient (Wildman–Crippen LogP) is 0.0246. The fourth-order valence-corrected chi connectivity index (χ4v) is 4.09. The average molecular weight is 318 g/mol. The van der Waals surface area contributed by atoms with E-state index in [0.717, 1.165) is 6.26 Å². The molecule has 112 valence electrons. The van der Waals surface area contributed by atoms with Crippen LogP contribution in [0.25, 0.3) is 0 Å². The van der Waals surface area contributed by atoms with Gasteiger partial charge in [0.1, 0.15) is 0 Å². The lowest BCUT2D eigenvalue weighted by atomic mass is 10.2. The van der Waals surface area contributed by atoms with Crippen LogP contribution in [-0.2, 0) is 19.9 Å². The highest BCUT2D eigenvalue weighted by Crippen LogP contribution is 2.24. The third kappa shape index (κ3) is 2.88. The van der Waals surface area contributed by atoms with Crippen molar-refractivity contribution >= 4 is 19.9 Å². The van der Waals surface area contributed by atoms with E-state index in [2.05, 4.69) is 0 Å². The molecule has 0 saturated carbocycles. The molecule has 1 saturated heterocycles. The Morgan fingerprint density at radius 1 is 1.00 bits per heavy atom. The van der Waals surface area contributed by atoms with Gasteiger partial charge in [-0.05, 0) is 38.4 Å². The van der Waals surface area contributed by atoms with E-state index in [1.165, 1.54) is 28.6 Å². The van der Waals surface area contributed by atoms with E-state index in [1.54, 1.807) is 0 Å². The molecular weight excluding hydrogens is 300 g/mol. The Hall–Kier alpha value is -0.960. The molecule has 0 spiro atoms. The van der Waals surface area contributed by atoms with Crippen LogP contribution < -0.4 is 0 Å². The maximum absolute atomic E-state index is 12.3. The summed E-state index contributed by atoms with van der Waals surface area (Å²) in [6.45, 7) is 0.923. The lowest BCUT2D eigenvalue weighted by molar-refractivity contribution is 0.134. The molecule has 1 fully saturated rings. The first-order chi connectivity index (χ1) is 9.12. The molecule has 0 aliphatic carbocycles. The highest BCUT2D eigenvalue weighted by molar-refractivity contribution is 7.90. The fraction of sp³-hybridized carbons (Fsp3) is 0.500. The summed E-state index contributed by atoms with van der Waals surface area (Å²) in [5.41, 5.74) is 0. The van der Waals surface area contributed by atoms with E-state index in [0.29, 0.717) is 13.1 Å². The first-order valence-corrected chi connectivity index (χ1v) is 9.42. The first kappa shape index (κ1) is 15.4. The van der Waals surface area contributed by atoms with Crippen molar-refractivity contribution in [3.8, 4) is 0 Å². The molecule has 0 amide bonds. The Bertz CT molecular complexity index is 687. The third-order valence-corrected chi connectivity index (χ3v) is 6.42. The Morgan fingerprint density at radius 3 is 1.85 bits per heavy atom. The number of rotatable bonds is 4. The summed E-state index contributed by atoms with van der Waals surface area (Å²) >= 11 is 0. The molecule has 1 aliphatic rings. The van der Waals surface area contributed by atoms with Crippen LogP contribution >= 0.6 is 0 Å². The van der Waals surface area contributed by atoms with Gasteiger partial charge in [0.15, 0.2) is 9.84 Å². The lowest BCUT2D eigenvalue weighted by Gasteiger charge is -2.41. The second-order valence-electron chi connectivity index (χ2n) is 5.18. The maximum Gasteiger partial charge on any atom is 0.243 e. The third-order valence-electron chi connectivity index (χ3n) is 3.45.